The van der Waals surface area contributed by atoms with Crippen molar-refractivity contribution in [3.05, 3.63) is 104 Å². The molecular formula is C25H18N4OS. The molecule has 0 saturated carbocycles. The largest absolute Gasteiger partial charge is 0.355 e. The molecule has 2 atom stereocenters. The van der Waals surface area contributed by atoms with Crippen LogP contribution in [0.2, 0.25) is 0 Å². The summed E-state index contributed by atoms with van der Waals surface area (Å²) in [6.45, 7) is 0. The Morgan fingerprint density at radius 1 is 0.613 bits per heavy atom. The molecule has 4 aliphatic rings. The predicted octanol–water partition coefficient (Wildman–Crippen LogP) is 1.60. The van der Waals surface area contributed by atoms with E-state index in [-0.39, 0.29) is 16.3 Å². The lowest BCUT2D eigenvalue weighted by Crippen LogP contribution is -2.27. The maximum atomic E-state index is 12.6. The fourth-order valence-electron chi connectivity index (χ4n) is 4.78. The van der Waals surface area contributed by atoms with Crippen molar-refractivity contribution in [2.75, 3.05) is 0 Å². The molecule has 0 fully saturated rings. The van der Waals surface area contributed by atoms with Gasteiger partial charge in [-0.3, -0.25) is 4.79 Å². The van der Waals surface area contributed by atoms with Crippen molar-refractivity contribution < 1.29 is 4.79 Å². The average molecular weight is 423 g/mol. The van der Waals surface area contributed by atoms with Gasteiger partial charge < -0.3 is 19.9 Å². The van der Waals surface area contributed by atoms with E-state index in [1.165, 1.54) is 17.3 Å². The summed E-state index contributed by atoms with van der Waals surface area (Å²) in [7, 11) is 0. The Morgan fingerprint density at radius 2 is 1.19 bits per heavy atom. The Morgan fingerprint density at radius 3 is 1.81 bits per heavy atom. The van der Waals surface area contributed by atoms with Gasteiger partial charge in [-0.25, -0.2) is 0 Å². The van der Waals surface area contributed by atoms with Gasteiger partial charge >= 0.3 is 0 Å². The number of nitrogens with one attached hydrogen (secondary N) is 4. The van der Waals surface area contributed by atoms with Crippen molar-refractivity contribution >= 4 is 41.2 Å². The van der Waals surface area contributed by atoms with E-state index in [4.69, 9.17) is 0 Å². The van der Waals surface area contributed by atoms with E-state index in [2.05, 4.69) is 92.8 Å². The smallest absolute Gasteiger partial charge is 0.201 e. The van der Waals surface area contributed by atoms with Crippen LogP contribution in [0.25, 0.3) is 24.3 Å². The zero-order chi connectivity index (χ0) is 20.5. The minimum atomic E-state index is -0.192. The summed E-state index contributed by atoms with van der Waals surface area (Å²) >= 11 is 1.43. The number of carbonyl (C=O) groups is 1. The molecule has 31 heavy (non-hydrogen) atoms. The molecule has 150 valence electrons. The second-order valence-electron chi connectivity index (χ2n) is 8.18. The highest BCUT2D eigenvalue weighted by Crippen LogP contribution is 2.46. The van der Waals surface area contributed by atoms with E-state index in [1.807, 2.05) is 0 Å². The number of aromatic amines is 4. The Balaban J connectivity index is 1.56. The summed E-state index contributed by atoms with van der Waals surface area (Å²) in [6, 6.07) is 12.5. The molecule has 0 amide bonds. The van der Waals surface area contributed by atoms with E-state index in [0.29, 0.717) is 0 Å². The number of rotatable bonds is 0. The van der Waals surface area contributed by atoms with Crippen molar-refractivity contribution in [3.8, 4) is 0 Å². The Hall–Kier alpha value is -3.64. The number of H-pyrrole nitrogens is 4. The molecule has 0 aromatic carbocycles. The standard InChI is InChI=1S/C25H18N4OS/c30-25-19-7-8-22(31-25)24-21-12-18-6-4-16(28-18)10-14-2-1-13(26-14)9-15-3-5-17(27-15)11-20(29-21)23(19)24/h1-12,19,22,26-29H/t19-,22?/m0/s1. The van der Waals surface area contributed by atoms with Crippen LogP contribution in [0.5, 0.6) is 0 Å². The molecule has 5 nitrogen and oxygen atoms in total. The number of thioether (sulfide) groups is 1. The van der Waals surface area contributed by atoms with Crippen LogP contribution in [0.3, 0.4) is 0 Å². The number of hydrogen-bond donors (Lipinski definition) is 4. The lowest BCUT2D eigenvalue weighted by atomic mass is 9.89. The summed E-state index contributed by atoms with van der Waals surface area (Å²) in [6.07, 6.45) is 12.7. The van der Waals surface area contributed by atoms with E-state index in [9.17, 15) is 4.79 Å². The molecule has 1 aliphatic carbocycles. The minimum Gasteiger partial charge on any atom is -0.355 e. The van der Waals surface area contributed by atoms with Gasteiger partial charge in [-0.2, -0.15) is 0 Å². The van der Waals surface area contributed by atoms with Crippen LogP contribution in [0.1, 0.15) is 45.1 Å². The average Bonchev–Trinajstić information content (AvgIpc) is 3.53. The van der Waals surface area contributed by atoms with Crippen LogP contribution in [0.4, 0.5) is 0 Å². The van der Waals surface area contributed by atoms with Gasteiger partial charge in [0, 0.05) is 44.2 Å². The highest BCUT2D eigenvalue weighted by Gasteiger charge is 2.38. The first kappa shape index (κ1) is 17.1. The van der Waals surface area contributed by atoms with Gasteiger partial charge in [-0.15, -0.1) is 0 Å². The fraction of sp³-hybridized carbons (Fsp3) is 0.0800. The zero-order valence-corrected chi connectivity index (χ0v) is 17.2. The van der Waals surface area contributed by atoms with Gasteiger partial charge in [0.2, 0.25) is 5.12 Å². The molecule has 8 rings (SSSR count). The summed E-state index contributed by atoms with van der Waals surface area (Å²) in [5.41, 5.74) is 6.41. The van der Waals surface area contributed by atoms with Crippen LogP contribution < -0.4 is 21.4 Å². The van der Waals surface area contributed by atoms with Crippen molar-refractivity contribution in [3.63, 3.8) is 0 Å². The molecule has 0 saturated heterocycles. The lowest BCUT2D eigenvalue weighted by molar-refractivity contribution is -0.111. The Kier molecular flexibility index (Phi) is 3.41. The molecule has 0 spiro atoms. The summed E-state index contributed by atoms with van der Waals surface area (Å²) in [5, 5.41) is 4.42. The third-order valence-electron chi connectivity index (χ3n) is 6.13. The van der Waals surface area contributed by atoms with Gasteiger partial charge in [-0.1, -0.05) is 23.9 Å². The van der Waals surface area contributed by atoms with Crippen LogP contribution in [0.15, 0.2) is 48.6 Å². The molecule has 1 unspecified atom stereocenters. The molecule has 10 bridgehead atoms. The molecular weight excluding hydrogens is 404 g/mol. The number of fused-ring (bicyclic) bond motifs is 9. The summed E-state index contributed by atoms with van der Waals surface area (Å²) in [4.78, 5) is 26.6. The maximum Gasteiger partial charge on any atom is 0.201 e. The second-order valence-corrected chi connectivity index (χ2v) is 9.33. The molecule has 4 aromatic rings. The molecule has 0 radical (unpaired) electrons. The Labute approximate surface area is 181 Å². The van der Waals surface area contributed by atoms with Crippen molar-refractivity contribution in [2.45, 2.75) is 11.2 Å². The van der Waals surface area contributed by atoms with Crippen LogP contribution in [-0.4, -0.2) is 25.1 Å². The monoisotopic (exact) mass is 422 g/mol. The van der Waals surface area contributed by atoms with Gasteiger partial charge in [0.05, 0.1) is 11.2 Å². The van der Waals surface area contributed by atoms with Gasteiger partial charge in [0.15, 0.2) is 0 Å². The van der Waals surface area contributed by atoms with Crippen LogP contribution in [0, 0.1) is 0 Å². The van der Waals surface area contributed by atoms with Crippen molar-refractivity contribution in [1.82, 2.24) is 19.9 Å². The second kappa shape index (κ2) is 6.18. The van der Waals surface area contributed by atoms with Crippen LogP contribution in [-0.2, 0) is 4.79 Å². The highest BCUT2D eigenvalue weighted by atomic mass is 32.2. The fourth-order valence-corrected chi connectivity index (χ4v) is 5.91. The Bertz CT molecular complexity index is 1660. The van der Waals surface area contributed by atoms with Crippen LogP contribution >= 0.6 is 11.8 Å². The van der Waals surface area contributed by atoms with Gasteiger partial charge in [-0.05, 0) is 71.8 Å². The molecule has 4 N–H and O–H groups in total. The van der Waals surface area contributed by atoms with E-state index in [1.54, 1.807) is 0 Å². The first-order chi connectivity index (χ1) is 15.2. The number of carbonyl (C=O) groups excluding carboxylic acids is 1. The number of hydrogen-bond acceptors (Lipinski definition) is 2. The lowest BCUT2D eigenvalue weighted by Gasteiger charge is -2.29. The number of aromatic nitrogens is 4. The third-order valence-corrected chi connectivity index (χ3v) is 7.26. The maximum absolute atomic E-state index is 12.6. The molecule has 7 heterocycles. The first-order valence-electron chi connectivity index (χ1n) is 10.3. The van der Waals surface area contributed by atoms with E-state index in [0.717, 1.165) is 49.7 Å². The minimum absolute atomic E-state index is 0.0600. The first-order valence-corrected chi connectivity index (χ1v) is 11.2. The van der Waals surface area contributed by atoms with E-state index >= 15 is 0 Å². The summed E-state index contributed by atoms with van der Waals surface area (Å²) < 4.78 is 0. The third kappa shape index (κ3) is 2.68. The highest BCUT2D eigenvalue weighted by molar-refractivity contribution is 8.14. The van der Waals surface area contributed by atoms with E-state index < -0.39 is 0 Å². The SMILES string of the molecule is O=C1SC2C=C[C@H]1c1c2c2[nH]c1=Cc1ccc([nH]1)C=c1ccc([nH]1)=Cc1ccc([nH]1)C=2. The predicted molar refractivity (Wildman–Crippen MR) is 123 cm³/mol. The number of allylic oxidation sites excluding steroid dienone is 1. The molecule has 3 aliphatic heterocycles. The van der Waals surface area contributed by atoms with Gasteiger partial charge in [0.25, 0.3) is 0 Å². The zero-order valence-electron chi connectivity index (χ0n) is 16.4. The van der Waals surface area contributed by atoms with Crippen molar-refractivity contribution in [2.24, 2.45) is 0 Å². The quantitative estimate of drug-likeness (QED) is 0.286. The van der Waals surface area contributed by atoms with Gasteiger partial charge in [0.1, 0.15) is 0 Å². The topological polar surface area (TPSA) is 80.2 Å². The van der Waals surface area contributed by atoms with Crippen molar-refractivity contribution in [1.29, 1.82) is 0 Å². The normalized spacial score (nSPS) is 20.5. The molecule has 4 aromatic heterocycles. The summed E-state index contributed by atoms with van der Waals surface area (Å²) in [5.74, 6) is -0.192. The molecule has 6 heteroatoms.